The predicted molar refractivity (Wildman–Crippen MR) is 122 cm³/mol. The Morgan fingerprint density at radius 3 is 2.23 bits per heavy atom. The number of aryl methyl sites for hydroxylation is 2. The topological polar surface area (TPSA) is 84.3 Å². The molecule has 162 valence electrons. The van der Waals surface area contributed by atoms with E-state index in [1.807, 2.05) is 52.0 Å². The lowest BCUT2D eigenvalue weighted by molar-refractivity contribution is -0.130. The second-order valence-corrected chi connectivity index (χ2v) is 7.62. The molecule has 0 atom stereocenters. The molecule has 2 amide bonds. The van der Waals surface area contributed by atoms with Crippen molar-refractivity contribution in [3.05, 3.63) is 69.6 Å². The molecule has 3 rings (SSSR count). The van der Waals surface area contributed by atoms with Crippen molar-refractivity contribution < 1.29 is 9.59 Å². The number of nitrogens with zero attached hydrogens (tertiary/aromatic N) is 3. The Morgan fingerprint density at radius 2 is 1.61 bits per heavy atom. The van der Waals surface area contributed by atoms with Gasteiger partial charge in [0.25, 0.3) is 5.56 Å². The van der Waals surface area contributed by atoms with Crippen molar-refractivity contribution in [2.75, 3.05) is 18.4 Å². The van der Waals surface area contributed by atoms with E-state index in [1.54, 1.807) is 23.1 Å². The first-order valence-corrected chi connectivity index (χ1v) is 10.5. The van der Waals surface area contributed by atoms with Crippen LogP contribution in [0.4, 0.5) is 5.69 Å². The van der Waals surface area contributed by atoms with Gasteiger partial charge in [-0.05, 0) is 57.0 Å². The number of rotatable bonds is 7. The monoisotopic (exact) mass is 420 g/mol. The van der Waals surface area contributed by atoms with E-state index in [2.05, 4.69) is 10.4 Å². The zero-order valence-electron chi connectivity index (χ0n) is 18.4. The smallest absolute Gasteiger partial charge is 0.275 e. The molecular formula is C24H28N4O3. The number of carbonyl (C=O) groups excluding carboxylic acids is 2. The molecule has 1 aromatic heterocycles. The SMILES string of the molecule is CCN(CC)C(=O)Cc1nn(CC(=O)Nc2cc(C)cc(C)c2)c(=O)c2ccccc12. The van der Waals surface area contributed by atoms with Gasteiger partial charge in [-0.3, -0.25) is 14.4 Å². The van der Waals surface area contributed by atoms with Crippen molar-refractivity contribution in [2.45, 2.75) is 40.7 Å². The van der Waals surface area contributed by atoms with E-state index in [9.17, 15) is 14.4 Å². The number of hydrogen-bond acceptors (Lipinski definition) is 4. The Bertz CT molecular complexity index is 1160. The minimum absolute atomic E-state index is 0.0625. The molecule has 1 heterocycles. The van der Waals surface area contributed by atoms with Gasteiger partial charge < -0.3 is 10.2 Å². The largest absolute Gasteiger partial charge is 0.343 e. The minimum atomic E-state index is -0.356. The van der Waals surface area contributed by atoms with Crippen LogP contribution in [0.15, 0.2) is 47.3 Å². The Kier molecular flexibility index (Phi) is 6.84. The normalized spacial score (nSPS) is 10.8. The molecule has 0 spiro atoms. The molecule has 0 aliphatic rings. The summed E-state index contributed by atoms with van der Waals surface area (Å²) < 4.78 is 1.14. The average molecular weight is 421 g/mol. The number of carbonyl (C=O) groups is 2. The Morgan fingerprint density at radius 1 is 1.00 bits per heavy atom. The van der Waals surface area contributed by atoms with E-state index < -0.39 is 0 Å². The Hall–Kier alpha value is -3.48. The highest BCUT2D eigenvalue weighted by atomic mass is 16.2. The van der Waals surface area contributed by atoms with Crippen molar-refractivity contribution in [3.8, 4) is 0 Å². The molecule has 0 radical (unpaired) electrons. The molecule has 31 heavy (non-hydrogen) atoms. The molecule has 3 aromatic rings. The predicted octanol–water partition coefficient (Wildman–Crippen LogP) is 3.06. The molecule has 7 nitrogen and oxygen atoms in total. The average Bonchev–Trinajstić information content (AvgIpc) is 2.71. The first kappa shape index (κ1) is 22.2. The summed E-state index contributed by atoms with van der Waals surface area (Å²) in [6.07, 6.45) is 0.0706. The van der Waals surface area contributed by atoms with Crippen LogP contribution in [0, 0.1) is 13.8 Å². The van der Waals surface area contributed by atoms with E-state index in [0.29, 0.717) is 35.2 Å². The van der Waals surface area contributed by atoms with Crippen LogP contribution in [0.3, 0.4) is 0 Å². The number of nitrogens with one attached hydrogen (secondary N) is 1. The van der Waals surface area contributed by atoms with Crippen molar-refractivity contribution >= 4 is 28.3 Å². The van der Waals surface area contributed by atoms with Crippen LogP contribution in [0.1, 0.15) is 30.7 Å². The summed E-state index contributed by atoms with van der Waals surface area (Å²) in [5.41, 5.74) is 2.88. The third-order valence-corrected chi connectivity index (χ3v) is 5.18. The zero-order valence-corrected chi connectivity index (χ0v) is 18.4. The van der Waals surface area contributed by atoms with Crippen LogP contribution in [-0.2, 0) is 22.6 Å². The lowest BCUT2D eigenvalue weighted by atomic mass is 10.1. The van der Waals surface area contributed by atoms with Crippen LogP contribution >= 0.6 is 0 Å². The molecule has 0 unspecified atom stereocenters. The van der Waals surface area contributed by atoms with Crippen molar-refractivity contribution in [2.24, 2.45) is 0 Å². The van der Waals surface area contributed by atoms with Gasteiger partial charge in [0.1, 0.15) is 6.54 Å². The number of likely N-dealkylation sites (N-methyl/N-ethyl adjacent to an activating group) is 1. The Labute approximate surface area is 181 Å². The fourth-order valence-corrected chi connectivity index (χ4v) is 3.76. The summed E-state index contributed by atoms with van der Waals surface area (Å²) in [5.74, 6) is -0.413. The second-order valence-electron chi connectivity index (χ2n) is 7.62. The van der Waals surface area contributed by atoms with E-state index in [4.69, 9.17) is 0 Å². The first-order valence-electron chi connectivity index (χ1n) is 10.5. The standard InChI is InChI=1S/C24H28N4O3/c1-5-27(6-2)23(30)14-21-19-9-7-8-10-20(19)24(31)28(26-21)15-22(29)25-18-12-16(3)11-17(4)13-18/h7-13H,5-6,14-15H2,1-4H3,(H,25,29). The highest BCUT2D eigenvalue weighted by Gasteiger charge is 2.17. The molecule has 7 heteroatoms. The van der Waals surface area contributed by atoms with E-state index in [-0.39, 0.29) is 30.3 Å². The third-order valence-electron chi connectivity index (χ3n) is 5.18. The van der Waals surface area contributed by atoms with Gasteiger partial charge in [0.2, 0.25) is 11.8 Å². The van der Waals surface area contributed by atoms with E-state index in [0.717, 1.165) is 15.8 Å². The summed E-state index contributed by atoms with van der Waals surface area (Å²) in [6, 6.07) is 12.8. The quantitative estimate of drug-likeness (QED) is 0.637. The second kappa shape index (κ2) is 9.55. The maximum absolute atomic E-state index is 12.9. The van der Waals surface area contributed by atoms with E-state index in [1.165, 1.54) is 0 Å². The van der Waals surface area contributed by atoms with Gasteiger partial charge in [0.15, 0.2) is 0 Å². The number of fused-ring (bicyclic) bond motifs is 1. The van der Waals surface area contributed by atoms with Gasteiger partial charge in [-0.25, -0.2) is 4.68 Å². The van der Waals surface area contributed by atoms with Crippen LogP contribution in [0.5, 0.6) is 0 Å². The fraction of sp³-hybridized carbons (Fsp3) is 0.333. The molecule has 1 N–H and O–H groups in total. The zero-order chi connectivity index (χ0) is 22.5. The van der Waals surface area contributed by atoms with Gasteiger partial charge in [0.05, 0.1) is 17.5 Å². The molecular weight excluding hydrogens is 392 g/mol. The first-order chi connectivity index (χ1) is 14.8. The fourth-order valence-electron chi connectivity index (χ4n) is 3.76. The number of benzene rings is 2. The maximum atomic E-state index is 12.9. The molecule has 0 fully saturated rings. The van der Waals surface area contributed by atoms with Gasteiger partial charge in [0, 0.05) is 24.2 Å². The number of amides is 2. The lowest BCUT2D eigenvalue weighted by Crippen LogP contribution is -2.34. The number of anilines is 1. The van der Waals surface area contributed by atoms with Crippen LogP contribution in [0.25, 0.3) is 10.8 Å². The summed E-state index contributed by atoms with van der Waals surface area (Å²) >= 11 is 0. The minimum Gasteiger partial charge on any atom is -0.343 e. The highest BCUT2D eigenvalue weighted by Crippen LogP contribution is 2.16. The lowest BCUT2D eigenvalue weighted by Gasteiger charge is -2.19. The molecule has 0 aliphatic carbocycles. The molecule has 0 saturated heterocycles. The van der Waals surface area contributed by atoms with Crippen molar-refractivity contribution in [1.82, 2.24) is 14.7 Å². The number of hydrogen-bond donors (Lipinski definition) is 1. The molecule has 2 aromatic carbocycles. The van der Waals surface area contributed by atoms with E-state index >= 15 is 0 Å². The Balaban J connectivity index is 1.93. The summed E-state index contributed by atoms with van der Waals surface area (Å²) in [7, 11) is 0. The van der Waals surface area contributed by atoms with Gasteiger partial charge in [-0.1, -0.05) is 24.3 Å². The summed E-state index contributed by atoms with van der Waals surface area (Å²) in [5, 5.41) is 8.32. The van der Waals surface area contributed by atoms with Gasteiger partial charge in [-0.2, -0.15) is 5.10 Å². The van der Waals surface area contributed by atoms with Crippen LogP contribution < -0.4 is 10.9 Å². The van der Waals surface area contributed by atoms with Crippen LogP contribution in [0.2, 0.25) is 0 Å². The maximum Gasteiger partial charge on any atom is 0.275 e. The number of aromatic nitrogens is 2. The third kappa shape index (κ3) is 5.17. The molecule has 0 bridgehead atoms. The highest BCUT2D eigenvalue weighted by molar-refractivity contribution is 5.91. The molecule has 0 saturated carbocycles. The summed E-state index contributed by atoms with van der Waals surface area (Å²) in [6.45, 7) is 8.73. The summed E-state index contributed by atoms with van der Waals surface area (Å²) in [4.78, 5) is 40.0. The van der Waals surface area contributed by atoms with Gasteiger partial charge >= 0.3 is 0 Å². The van der Waals surface area contributed by atoms with Crippen molar-refractivity contribution in [3.63, 3.8) is 0 Å². The van der Waals surface area contributed by atoms with Crippen LogP contribution in [-0.4, -0.2) is 39.6 Å². The van der Waals surface area contributed by atoms with Crippen molar-refractivity contribution in [1.29, 1.82) is 0 Å². The molecule has 0 aliphatic heterocycles. The van der Waals surface area contributed by atoms with Gasteiger partial charge in [-0.15, -0.1) is 0 Å².